The Labute approximate surface area is 141 Å². The third kappa shape index (κ3) is 2.90. The van der Waals surface area contributed by atoms with Gasteiger partial charge in [-0.3, -0.25) is 9.89 Å². The predicted molar refractivity (Wildman–Crippen MR) is 87.4 cm³/mol. The Kier molecular flexibility index (Phi) is 3.79. The second-order valence-corrected chi connectivity index (χ2v) is 6.21. The fraction of sp³-hybridized carbons (Fsp3) is 0.400. The molecule has 3 aromatic rings. The number of nitrogens with zero attached hydrogens (tertiary/aromatic N) is 4. The molecule has 0 aromatic carbocycles. The Balaban J connectivity index is 1.52. The largest absolute Gasteiger partial charge is 0.366 e. The van der Waals surface area contributed by atoms with Crippen molar-refractivity contribution < 1.29 is 9.18 Å². The summed E-state index contributed by atoms with van der Waals surface area (Å²) in [7, 11) is 0. The lowest BCUT2D eigenvalue weighted by atomic mass is 9.97. The van der Waals surface area contributed by atoms with Crippen molar-refractivity contribution in [3.05, 3.63) is 30.4 Å². The molecule has 1 saturated carbocycles. The van der Waals surface area contributed by atoms with Crippen LogP contribution in [-0.4, -0.2) is 48.1 Å². The molecule has 0 saturated heterocycles. The lowest BCUT2D eigenvalue weighted by Crippen LogP contribution is -2.51. The first-order valence-electron chi connectivity index (χ1n) is 8.06. The Hall–Kier alpha value is -3.04. The summed E-state index contributed by atoms with van der Waals surface area (Å²) < 4.78 is 13.6. The van der Waals surface area contributed by atoms with E-state index in [4.69, 9.17) is 0 Å². The van der Waals surface area contributed by atoms with E-state index in [0.29, 0.717) is 23.5 Å². The number of halogens is 1. The molecule has 4 rings (SSSR count). The first kappa shape index (κ1) is 15.5. The van der Waals surface area contributed by atoms with Gasteiger partial charge in [0.05, 0.1) is 18.1 Å². The SMILES string of the molecule is O=C(NC1(CNc2ncnc3nc[nH]c23)CCCC1)c1[nH]ncc1F. The lowest BCUT2D eigenvalue weighted by Gasteiger charge is -2.30. The van der Waals surface area contributed by atoms with Gasteiger partial charge in [0.15, 0.2) is 23.0 Å². The van der Waals surface area contributed by atoms with Gasteiger partial charge in [-0.15, -0.1) is 0 Å². The van der Waals surface area contributed by atoms with Crippen LogP contribution in [0.2, 0.25) is 0 Å². The van der Waals surface area contributed by atoms with Gasteiger partial charge in [-0.2, -0.15) is 5.10 Å². The molecule has 10 heteroatoms. The van der Waals surface area contributed by atoms with Gasteiger partial charge in [0.25, 0.3) is 5.91 Å². The molecule has 1 aliphatic rings. The van der Waals surface area contributed by atoms with E-state index in [9.17, 15) is 9.18 Å². The number of hydrogen-bond donors (Lipinski definition) is 4. The molecule has 0 bridgehead atoms. The maximum atomic E-state index is 13.6. The lowest BCUT2D eigenvalue weighted by molar-refractivity contribution is 0.0896. The number of carbonyl (C=O) groups excluding carboxylic acids is 1. The molecule has 4 N–H and O–H groups in total. The van der Waals surface area contributed by atoms with Gasteiger partial charge in [-0.25, -0.2) is 19.3 Å². The Morgan fingerprint density at radius 3 is 2.88 bits per heavy atom. The molecule has 3 aromatic heterocycles. The zero-order valence-electron chi connectivity index (χ0n) is 13.3. The van der Waals surface area contributed by atoms with Crippen LogP contribution in [0.5, 0.6) is 0 Å². The number of carbonyl (C=O) groups is 1. The molecule has 0 spiro atoms. The van der Waals surface area contributed by atoms with E-state index < -0.39 is 17.3 Å². The average Bonchev–Trinajstić information content (AvgIpc) is 3.33. The van der Waals surface area contributed by atoms with Crippen molar-refractivity contribution in [2.24, 2.45) is 0 Å². The smallest absolute Gasteiger partial charge is 0.272 e. The van der Waals surface area contributed by atoms with Gasteiger partial charge in [0.1, 0.15) is 11.8 Å². The van der Waals surface area contributed by atoms with Crippen LogP contribution in [0.15, 0.2) is 18.9 Å². The number of imidazole rings is 1. The monoisotopic (exact) mass is 344 g/mol. The molecule has 3 heterocycles. The Bertz CT molecular complexity index is 898. The van der Waals surface area contributed by atoms with Crippen molar-refractivity contribution in [1.82, 2.24) is 35.5 Å². The van der Waals surface area contributed by atoms with Crippen molar-refractivity contribution in [1.29, 1.82) is 0 Å². The number of hydrogen-bond acceptors (Lipinski definition) is 6. The summed E-state index contributed by atoms with van der Waals surface area (Å²) in [5.41, 5.74) is 0.666. The van der Waals surface area contributed by atoms with Crippen molar-refractivity contribution in [2.45, 2.75) is 31.2 Å². The standard InChI is InChI=1S/C15H17FN8O/c16-9-5-22-24-10(9)14(25)23-15(3-1-2-4-15)6-17-12-11-13(19-7-18-11)21-8-20-12/h5,7-8H,1-4,6H2,(H,22,24)(H,23,25)(H2,17,18,19,20,21). The molecule has 1 fully saturated rings. The summed E-state index contributed by atoms with van der Waals surface area (Å²) in [6.07, 6.45) is 7.58. The number of fused-ring (bicyclic) bond motifs is 1. The predicted octanol–water partition coefficient (Wildman–Crippen LogP) is 1.37. The van der Waals surface area contributed by atoms with E-state index in [1.807, 2.05) is 0 Å². The number of H-pyrrole nitrogens is 2. The fourth-order valence-electron chi connectivity index (χ4n) is 3.28. The number of aromatic nitrogens is 6. The van der Waals surface area contributed by atoms with Crippen LogP contribution in [0.25, 0.3) is 11.2 Å². The molecule has 1 aliphatic carbocycles. The van der Waals surface area contributed by atoms with Crippen LogP contribution >= 0.6 is 0 Å². The van der Waals surface area contributed by atoms with Gasteiger partial charge in [-0.1, -0.05) is 12.8 Å². The van der Waals surface area contributed by atoms with E-state index >= 15 is 0 Å². The van der Waals surface area contributed by atoms with Gasteiger partial charge in [0, 0.05) is 6.54 Å². The molecule has 25 heavy (non-hydrogen) atoms. The molecule has 9 nitrogen and oxygen atoms in total. The van der Waals surface area contributed by atoms with Crippen molar-refractivity contribution >= 4 is 22.9 Å². The molecular weight excluding hydrogens is 327 g/mol. The third-order valence-corrected chi connectivity index (χ3v) is 4.58. The Morgan fingerprint density at radius 2 is 2.12 bits per heavy atom. The summed E-state index contributed by atoms with van der Waals surface area (Å²) >= 11 is 0. The van der Waals surface area contributed by atoms with Gasteiger partial charge >= 0.3 is 0 Å². The molecule has 0 radical (unpaired) electrons. The average molecular weight is 344 g/mol. The third-order valence-electron chi connectivity index (χ3n) is 4.58. The first-order valence-corrected chi connectivity index (χ1v) is 8.06. The molecule has 130 valence electrons. The highest BCUT2D eigenvalue weighted by molar-refractivity contribution is 5.93. The van der Waals surface area contributed by atoms with Crippen molar-refractivity contribution in [3.63, 3.8) is 0 Å². The van der Waals surface area contributed by atoms with E-state index in [0.717, 1.165) is 31.9 Å². The highest BCUT2D eigenvalue weighted by Gasteiger charge is 2.36. The van der Waals surface area contributed by atoms with Gasteiger partial charge in [-0.05, 0) is 12.8 Å². The maximum absolute atomic E-state index is 13.6. The minimum atomic E-state index is -0.659. The number of aromatic amines is 2. The number of nitrogens with one attached hydrogen (secondary N) is 4. The van der Waals surface area contributed by atoms with Crippen LogP contribution in [0.1, 0.15) is 36.2 Å². The van der Waals surface area contributed by atoms with Crippen LogP contribution in [-0.2, 0) is 0 Å². The van der Waals surface area contributed by atoms with Gasteiger partial charge < -0.3 is 15.6 Å². The summed E-state index contributed by atoms with van der Waals surface area (Å²) in [6.45, 7) is 0.472. The normalized spacial score (nSPS) is 16.2. The molecule has 0 unspecified atom stereocenters. The van der Waals surface area contributed by atoms with Gasteiger partial charge in [0.2, 0.25) is 0 Å². The minimum absolute atomic E-state index is 0.149. The van der Waals surface area contributed by atoms with E-state index in [1.54, 1.807) is 6.33 Å². The summed E-state index contributed by atoms with van der Waals surface area (Å²) in [5, 5.41) is 12.2. The highest BCUT2D eigenvalue weighted by Crippen LogP contribution is 2.30. The zero-order valence-corrected chi connectivity index (χ0v) is 13.3. The van der Waals surface area contributed by atoms with Crippen LogP contribution in [0.3, 0.4) is 0 Å². The number of anilines is 1. The topological polar surface area (TPSA) is 124 Å². The van der Waals surface area contributed by atoms with E-state index in [-0.39, 0.29) is 5.69 Å². The second kappa shape index (κ2) is 6.11. The molecule has 1 amide bonds. The maximum Gasteiger partial charge on any atom is 0.272 e. The van der Waals surface area contributed by atoms with Crippen LogP contribution in [0.4, 0.5) is 10.2 Å². The second-order valence-electron chi connectivity index (χ2n) is 6.21. The minimum Gasteiger partial charge on any atom is -0.366 e. The Morgan fingerprint density at radius 1 is 1.28 bits per heavy atom. The van der Waals surface area contributed by atoms with Crippen LogP contribution < -0.4 is 10.6 Å². The summed E-state index contributed by atoms with van der Waals surface area (Å²) in [5.74, 6) is -0.530. The number of rotatable bonds is 5. The summed E-state index contributed by atoms with van der Waals surface area (Å²) in [6, 6.07) is 0. The molecule has 0 aliphatic heterocycles. The van der Waals surface area contributed by atoms with Crippen molar-refractivity contribution in [2.75, 3.05) is 11.9 Å². The fourth-order valence-corrected chi connectivity index (χ4v) is 3.28. The van der Waals surface area contributed by atoms with Crippen molar-refractivity contribution in [3.8, 4) is 0 Å². The summed E-state index contributed by atoms with van der Waals surface area (Å²) in [4.78, 5) is 27.8. The zero-order chi connectivity index (χ0) is 17.3. The first-order chi connectivity index (χ1) is 12.2. The molecule has 0 atom stereocenters. The molecular formula is C15H17FN8O. The van der Waals surface area contributed by atoms with Crippen LogP contribution in [0, 0.1) is 5.82 Å². The number of amides is 1. The quantitative estimate of drug-likeness (QED) is 0.554. The van der Waals surface area contributed by atoms with E-state index in [2.05, 4.69) is 40.8 Å². The van der Waals surface area contributed by atoms with E-state index in [1.165, 1.54) is 6.33 Å². The highest BCUT2D eigenvalue weighted by atomic mass is 19.1.